The predicted molar refractivity (Wildman–Crippen MR) is 70.3 cm³/mol. The maximum atomic E-state index is 11.9. The van der Waals surface area contributed by atoms with Crippen molar-refractivity contribution in [2.45, 2.75) is 38.9 Å². The van der Waals surface area contributed by atoms with E-state index in [4.69, 9.17) is 9.84 Å². The van der Waals surface area contributed by atoms with Crippen LogP contribution in [0.25, 0.3) is 0 Å². The smallest absolute Gasteiger partial charge is 0.336 e. The highest BCUT2D eigenvalue weighted by atomic mass is 16.5. The highest BCUT2D eigenvalue weighted by Gasteiger charge is 2.28. The molecular formula is C14H17NO4. The average molecular weight is 263 g/mol. The van der Waals surface area contributed by atoms with Crippen molar-refractivity contribution in [3.05, 3.63) is 29.3 Å². The molecule has 0 aliphatic carbocycles. The number of benzene rings is 1. The molecule has 1 amide bonds. The molecule has 0 spiro atoms. The zero-order chi connectivity index (χ0) is 14.0. The van der Waals surface area contributed by atoms with E-state index in [2.05, 4.69) is 5.32 Å². The van der Waals surface area contributed by atoms with Crippen LogP contribution in [-0.4, -0.2) is 29.2 Å². The summed E-state index contributed by atoms with van der Waals surface area (Å²) >= 11 is 0. The van der Waals surface area contributed by atoms with Crippen LogP contribution in [0.5, 0.6) is 0 Å². The van der Waals surface area contributed by atoms with Crippen molar-refractivity contribution in [3.8, 4) is 0 Å². The normalized spacial score (nSPS) is 22.2. The lowest BCUT2D eigenvalue weighted by Crippen LogP contribution is -2.27. The third kappa shape index (κ3) is 3.12. The molecule has 102 valence electrons. The van der Waals surface area contributed by atoms with Crippen LogP contribution in [0.15, 0.2) is 18.2 Å². The Hall–Kier alpha value is -1.88. The number of carboxylic acids is 1. The third-order valence-corrected chi connectivity index (χ3v) is 3.26. The van der Waals surface area contributed by atoms with Crippen molar-refractivity contribution < 1.29 is 19.4 Å². The first-order valence-corrected chi connectivity index (χ1v) is 6.27. The molecule has 5 nitrogen and oxygen atoms in total. The number of amides is 1. The Morgan fingerprint density at radius 2 is 2.11 bits per heavy atom. The van der Waals surface area contributed by atoms with Crippen LogP contribution in [0.3, 0.4) is 0 Å². The first-order chi connectivity index (χ1) is 8.97. The highest BCUT2D eigenvalue weighted by molar-refractivity contribution is 5.96. The number of carboxylic acid groups (broad SMARTS) is 1. The molecule has 1 aliphatic rings. The molecule has 1 aromatic rings. The largest absolute Gasteiger partial charge is 0.478 e. The molecule has 2 atom stereocenters. The molecule has 1 aromatic carbocycles. The molecule has 0 radical (unpaired) electrons. The number of carbonyl (C=O) groups is 2. The molecule has 2 N–H and O–H groups in total. The number of aromatic carboxylic acids is 1. The van der Waals surface area contributed by atoms with Crippen molar-refractivity contribution >= 4 is 17.6 Å². The van der Waals surface area contributed by atoms with Crippen molar-refractivity contribution in [1.82, 2.24) is 0 Å². The molecule has 2 rings (SSSR count). The summed E-state index contributed by atoms with van der Waals surface area (Å²) in [5, 5.41) is 11.7. The van der Waals surface area contributed by atoms with Gasteiger partial charge in [0.1, 0.15) is 6.10 Å². The second-order valence-electron chi connectivity index (χ2n) is 4.84. The number of ether oxygens (including phenoxy) is 1. The maximum Gasteiger partial charge on any atom is 0.336 e. The van der Waals surface area contributed by atoms with Crippen molar-refractivity contribution in [1.29, 1.82) is 0 Å². The van der Waals surface area contributed by atoms with Crippen LogP contribution in [0, 0.1) is 6.92 Å². The van der Waals surface area contributed by atoms with Gasteiger partial charge in [0.25, 0.3) is 5.91 Å². The zero-order valence-corrected chi connectivity index (χ0v) is 11.0. The summed E-state index contributed by atoms with van der Waals surface area (Å²) in [4.78, 5) is 23.0. The molecule has 1 saturated heterocycles. The second-order valence-corrected chi connectivity index (χ2v) is 4.84. The van der Waals surface area contributed by atoms with Crippen LogP contribution >= 0.6 is 0 Å². The minimum Gasteiger partial charge on any atom is -0.478 e. The molecule has 19 heavy (non-hydrogen) atoms. The van der Waals surface area contributed by atoms with E-state index in [1.165, 1.54) is 6.07 Å². The highest BCUT2D eigenvalue weighted by Crippen LogP contribution is 2.21. The summed E-state index contributed by atoms with van der Waals surface area (Å²) in [6.07, 6.45) is 1.23. The van der Waals surface area contributed by atoms with Gasteiger partial charge >= 0.3 is 5.97 Å². The number of aryl methyl sites for hydroxylation is 1. The van der Waals surface area contributed by atoms with Gasteiger partial charge in [-0.1, -0.05) is 6.07 Å². The minimum atomic E-state index is -1.00. The molecule has 5 heteroatoms. The van der Waals surface area contributed by atoms with Gasteiger partial charge in [0.15, 0.2) is 0 Å². The van der Waals surface area contributed by atoms with Crippen molar-refractivity contribution in [2.75, 3.05) is 5.32 Å². The van der Waals surface area contributed by atoms with E-state index in [0.29, 0.717) is 17.7 Å². The summed E-state index contributed by atoms with van der Waals surface area (Å²) in [5.74, 6) is -1.22. The van der Waals surface area contributed by atoms with Crippen LogP contribution in [-0.2, 0) is 9.53 Å². The topological polar surface area (TPSA) is 75.6 Å². The fourth-order valence-corrected chi connectivity index (χ4v) is 2.15. The number of hydrogen-bond acceptors (Lipinski definition) is 3. The second kappa shape index (κ2) is 5.40. The monoisotopic (exact) mass is 263 g/mol. The van der Waals surface area contributed by atoms with Gasteiger partial charge in [-0.25, -0.2) is 4.79 Å². The summed E-state index contributed by atoms with van der Waals surface area (Å²) < 4.78 is 5.47. The molecule has 0 bridgehead atoms. The Balaban J connectivity index is 2.09. The van der Waals surface area contributed by atoms with Crippen LogP contribution in [0.4, 0.5) is 5.69 Å². The zero-order valence-electron chi connectivity index (χ0n) is 11.0. The number of nitrogens with one attached hydrogen (secondary N) is 1. The van der Waals surface area contributed by atoms with Gasteiger partial charge in [0.05, 0.1) is 11.7 Å². The van der Waals surface area contributed by atoms with Crippen molar-refractivity contribution in [3.63, 3.8) is 0 Å². The average Bonchev–Trinajstić information content (AvgIpc) is 2.78. The summed E-state index contributed by atoms with van der Waals surface area (Å²) in [7, 11) is 0. The number of hydrogen-bond donors (Lipinski definition) is 2. The van der Waals surface area contributed by atoms with Crippen molar-refractivity contribution in [2.24, 2.45) is 0 Å². The Kier molecular flexibility index (Phi) is 3.85. The van der Waals surface area contributed by atoms with Gasteiger partial charge in [-0.05, 0) is 44.4 Å². The van der Waals surface area contributed by atoms with Gasteiger partial charge in [-0.3, -0.25) is 4.79 Å². The number of anilines is 1. The van der Waals surface area contributed by atoms with Gasteiger partial charge in [0, 0.05) is 5.69 Å². The lowest BCUT2D eigenvalue weighted by Gasteiger charge is -2.12. The Morgan fingerprint density at radius 1 is 1.37 bits per heavy atom. The summed E-state index contributed by atoms with van der Waals surface area (Å²) in [6, 6.07) is 4.84. The molecule has 2 unspecified atom stereocenters. The Labute approximate surface area is 111 Å². The molecule has 0 saturated carbocycles. The van der Waals surface area contributed by atoms with E-state index in [1.807, 2.05) is 6.92 Å². The first kappa shape index (κ1) is 13.5. The summed E-state index contributed by atoms with van der Waals surface area (Å²) in [5.41, 5.74) is 1.34. The number of carbonyl (C=O) groups excluding carboxylic acids is 1. The van der Waals surface area contributed by atoms with Gasteiger partial charge in [-0.2, -0.15) is 0 Å². The SMILES string of the molecule is Cc1ccc(NC(=O)C2CCC(C)O2)cc1C(=O)O. The van der Waals surface area contributed by atoms with E-state index in [-0.39, 0.29) is 17.6 Å². The first-order valence-electron chi connectivity index (χ1n) is 6.27. The fraction of sp³-hybridized carbons (Fsp3) is 0.429. The molecule has 0 aromatic heterocycles. The maximum absolute atomic E-state index is 11.9. The van der Waals surface area contributed by atoms with E-state index >= 15 is 0 Å². The van der Waals surface area contributed by atoms with E-state index in [9.17, 15) is 9.59 Å². The minimum absolute atomic E-state index is 0.100. The predicted octanol–water partition coefficient (Wildman–Crippen LogP) is 2.20. The van der Waals surface area contributed by atoms with E-state index in [0.717, 1.165) is 6.42 Å². The quantitative estimate of drug-likeness (QED) is 0.876. The van der Waals surface area contributed by atoms with E-state index in [1.54, 1.807) is 19.1 Å². The van der Waals surface area contributed by atoms with Gasteiger partial charge in [0.2, 0.25) is 0 Å². The molecule has 1 heterocycles. The third-order valence-electron chi connectivity index (χ3n) is 3.26. The van der Waals surface area contributed by atoms with Crippen LogP contribution < -0.4 is 5.32 Å². The lowest BCUT2D eigenvalue weighted by atomic mass is 10.1. The molecular weight excluding hydrogens is 246 g/mol. The van der Waals surface area contributed by atoms with Gasteiger partial charge < -0.3 is 15.2 Å². The standard InChI is InChI=1S/C14H17NO4/c1-8-3-5-10(7-11(8)14(17)18)15-13(16)12-6-4-9(2)19-12/h3,5,7,9,12H,4,6H2,1-2H3,(H,15,16)(H,17,18). The van der Waals surface area contributed by atoms with E-state index < -0.39 is 12.1 Å². The van der Waals surface area contributed by atoms with Crippen LogP contribution in [0.1, 0.15) is 35.7 Å². The molecule has 1 fully saturated rings. The Morgan fingerprint density at radius 3 is 2.68 bits per heavy atom. The van der Waals surface area contributed by atoms with Gasteiger partial charge in [-0.15, -0.1) is 0 Å². The summed E-state index contributed by atoms with van der Waals surface area (Å²) in [6.45, 7) is 3.65. The Bertz CT molecular complexity index is 512. The fourth-order valence-electron chi connectivity index (χ4n) is 2.15. The lowest BCUT2D eigenvalue weighted by molar-refractivity contribution is -0.126. The van der Waals surface area contributed by atoms with Crippen LogP contribution in [0.2, 0.25) is 0 Å². The molecule has 1 aliphatic heterocycles. The number of rotatable bonds is 3.